The Balaban J connectivity index is 1.96. The fourth-order valence-corrected chi connectivity index (χ4v) is 3.58. The van der Waals surface area contributed by atoms with Gasteiger partial charge in [0.05, 0.1) is 6.04 Å². The number of hydrogen-bond donors (Lipinski definition) is 2. The molecule has 8 heteroatoms. The molecular formula is C18H18BrF3N2O2. The third-order valence-electron chi connectivity index (χ3n) is 4.22. The summed E-state index contributed by atoms with van der Waals surface area (Å²) in [7, 11) is 0. The van der Waals surface area contributed by atoms with E-state index < -0.39 is 6.36 Å². The zero-order valence-electron chi connectivity index (χ0n) is 13.8. The summed E-state index contributed by atoms with van der Waals surface area (Å²) < 4.78 is 41.9. The SMILES string of the molecule is Oc1ccc(Br)c([C@H](c2ccc(OC(F)(F)F)cc2)N2CCNCC2)c1. The molecule has 0 amide bonds. The fourth-order valence-electron chi connectivity index (χ4n) is 3.12. The molecule has 2 aromatic carbocycles. The van der Waals surface area contributed by atoms with Crippen molar-refractivity contribution in [3.8, 4) is 11.5 Å². The van der Waals surface area contributed by atoms with Crippen molar-refractivity contribution in [2.24, 2.45) is 0 Å². The Hall–Kier alpha value is -1.77. The van der Waals surface area contributed by atoms with Gasteiger partial charge in [0.1, 0.15) is 11.5 Å². The molecule has 0 spiro atoms. The minimum absolute atomic E-state index is 0.139. The number of aromatic hydroxyl groups is 1. The topological polar surface area (TPSA) is 44.7 Å². The lowest BCUT2D eigenvalue weighted by Gasteiger charge is -2.36. The molecule has 1 aliphatic rings. The molecule has 3 rings (SSSR count). The van der Waals surface area contributed by atoms with Crippen LogP contribution in [-0.4, -0.2) is 42.5 Å². The van der Waals surface area contributed by atoms with Crippen LogP contribution in [0.1, 0.15) is 17.2 Å². The molecule has 26 heavy (non-hydrogen) atoms. The van der Waals surface area contributed by atoms with Gasteiger partial charge in [-0.1, -0.05) is 28.1 Å². The molecule has 0 aromatic heterocycles. The number of piperazine rings is 1. The summed E-state index contributed by atoms with van der Waals surface area (Å²) in [6.07, 6.45) is -4.71. The van der Waals surface area contributed by atoms with Crippen molar-refractivity contribution in [1.29, 1.82) is 0 Å². The van der Waals surface area contributed by atoms with E-state index in [1.54, 1.807) is 30.3 Å². The van der Waals surface area contributed by atoms with Crippen LogP contribution in [0, 0.1) is 0 Å². The summed E-state index contributed by atoms with van der Waals surface area (Å²) in [5.41, 5.74) is 1.68. The fraction of sp³-hybridized carbons (Fsp3) is 0.333. The Morgan fingerprint density at radius 3 is 2.35 bits per heavy atom. The second-order valence-corrected chi connectivity index (χ2v) is 6.87. The Morgan fingerprint density at radius 2 is 1.73 bits per heavy atom. The first-order chi connectivity index (χ1) is 12.3. The van der Waals surface area contributed by atoms with Gasteiger partial charge in [-0.25, -0.2) is 0 Å². The van der Waals surface area contributed by atoms with Crippen LogP contribution in [0.25, 0.3) is 0 Å². The van der Waals surface area contributed by atoms with Crippen LogP contribution in [0.3, 0.4) is 0 Å². The van der Waals surface area contributed by atoms with Gasteiger partial charge in [0.15, 0.2) is 0 Å². The van der Waals surface area contributed by atoms with Gasteiger partial charge in [-0.2, -0.15) is 0 Å². The van der Waals surface area contributed by atoms with E-state index in [1.807, 2.05) is 0 Å². The number of alkyl halides is 3. The number of ether oxygens (including phenoxy) is 1. The van der Waals surface area contributed by atoms with E-state index in [9.17, 15) is 18.3 Å². The molecule has 0 bridgehead atoms. The molecule has 2 aromatic rings. The second-order valence-electron chi connectivity index (χ2n) is 6.01. The number of nitrogens with zero attached hydrogens (tertiary/aromatic N) is 1. The summed E-state index contributed by atoms with van der Waals surface area (Å²) >= 11 is 3.52. The van der Waals surface area contributed by atoms with E-state index in [0.29, 0.717) is 0 Å². The minimum atomic E-state index is -4.71. The number of hydrogen-bond acceptors (Lipinski definition) is 4. The summed E-state index contributed by atoms with van der Waals surface area (Å²) in [4.78, 5) is 2.23. The summed E-state index contributed by atoms with van der Waals surface area (Å²) in [6.45, 7) is 3.21. The molecular weight excluding hydrogens is 413 g/mol. The standard InChI is InChI=1S/C18H18BrF3N2O2/c19-16-6-3-13(25)11-15(16)17(24-9-7-23-8-10-24)12-1-4-14(5-2-12)26-18(20,21)22/h1-6,11,17,23,25H,7-10H2/t17-/m0/s1. The Morgan fingerprint density at radius 1 is 1.08 bits per heavy atom. The third-order valence-corrected chi connectivity index (χ3v) is 4.94. The lowest BCUT2D eigenvalue weighted by atomic mass is 9.96. The van der Waals surface area contributed by atoms with Crippen molar-refractivity contribution < 1.29 is 23.0 Å². The summed E-state index contributed by atoms with van der Waals surface area (Å²) in [6, 6.07) is 10.7. The predicted octanol–water partition coefficient (Wildman–Crippen LogP) is 4.05. The molecule has 140 valence electrons. The van der Waals surface area contributed by atoms with Gasteiger partial charge >= 0.3 is 6.36 Å². The van der Waals surface area contributed by atoms with Crippen molar-refractivity contribution in [3.63, 3.8) is 0 Å². The molecule has 2 N–H and O–H groups in total. The lowest BCUT2D eigenvalue weighted by Crippen LogP contribution is -2.45. The highest BCUT2D eigenvalue weighted by atomic mass is 79.9. The van der Waals surface area contributed by atoms with Crippen LogP contribution < -0.4 is 10.1 Å². The van der Waals surface area contributed by atoms with Crippen LogP contribution in [0.15, 0.2) is 46.9 Å². The number of rotatable bonds is 4. The normalized spacial score (nSPS) is 17.1. The maximum Gasteiger partial charge on any atom is 0.573 e. The zero-order chi connectivity index (χ0) is 18.7. The van der Waals surface area contributed by atoms with Gasteiger partial charge in [0.2, 0.25) is 0 Å². The first kappa shape index (κ1) is 19.0. The van der Waals surface area contributed by atoms with Crippen LogP contribution in [-0.2, 0) is 0 Å². The molecule has 0 unspecified atom stereocenters. The molecule has 1 atom stereocenters. The minimum Gasteiger partial charge on any atom is -0.508 e. The molecule has 1 aliphatic heterocycles. The molecule has 1 saturated heterocycles. The molecule has 0 saturated carbocycles. The number of halogens is 4. The van der Waals surface area contributed by atoms with E-state index in [-0.39, 0.29) is 17.5 Å². The second kappa shape index (κ2) is 7.85. The number of phenolic OH excluding ortho intramolecular Hbond substituents is 1. The maximum atomic E-state index is 12.4. The average Bonchev–Trinajstić information content (AvgIpc) is 2.59. The largest absolute Gasteiger partial charge is 0.573 e. The Labute approximate surface area is 157 Å². The Kier molecular flexibility index (Phi) is 5.74. The number of phenols is 1. The highest BCUT2D eigenvalue weighted by Crippen LogP contribution is 2.36. The van der Waals surface area contributed by atoms with Crippen molar-refractivity contribution in [2.45, 2.75) is 12.4 Å². The lowest BCUT2D eigenvalue weighted by molar-refractivity contribution is -0.274. The quantitative estimate of drug-likeness (QED) is 0.767. The summed E-state index contributed by atoms with van der Waals surface area (Å²) in [5, 5.41) is 13.2. The van der Waals surface area contributed by atoms with Crippen molar-refractivity contribution in [1.82, 2.24) is 10.2 Å². The van der Waals surface area contributed by atoms with E-state index in [2.05, 4.69) is 30.9 Å². The smallest absolute Gasteiger partial charge is 0.508 e. The molecule has 1 fully saturated rings. The maximum absolute atomic E-state index is 12.4. The first-order valence-electron chi connectivity index (χ1n) is 8.12. The summed E-state index contributed by atoms with van der Waals surface area (Å²) in [5.74, 6) is -0.115. The van der Waals surface area contributed by atoms with E-state index >= 15 is 0 Å². The van der Waals surface area contributed by atoms with Gasteiger partial charge in [-0.3, -0.25) is 4.90 Å². The number of nitrogens with one attached hydrogen (secondary N) is 1. The van der Waals surface area contributed by atoms with Gasteiger partial charge in [-0.05, 0) is 41.5 Å². The van der Waals surface area contributed by atoms with E-state index in [0.717, 1.165) is 41.8 Å². The van der Waals surface area contributed by atoms with E-state index in [4.69, 9.17) is 0 Å². The van der Waals surface area contributed by atoms with Gasteiger partial charge in [0.25, 0.3) is 0 Å². The first-order valence-corrected chi connectivity index (χ1v) is 8.92. The number of benzene rings is 2. The van der Waals surface area contributed by atoms with Crippen LogP contribution in [0.4, 0.5) is 13.2 Å². The molecule has 0 radical (unpaired) electrons. The van der Waals surface area contributed by atoms with Crippen LogP contribution in [0.2, 0.25) is 0 Å². The van der Waals surface area contributed by atoms with Gasteiger partial charge < -0.3 is 15.2 Å². The van der Waals surface area contributed by atoms with Gasteiger partial charge in [-0.15, -0.1) is 13.2 Å². The molecule has 4 nitrogen and oxygen atoms in total. The average molecular weight is 431 g/mol. The van der Waals surface area contributed by atoms with Gasteiger partial charge in [0, 0.05) is 30.7 Å². The molecule has 0 aliphatic carbocycles. The van der Waals surface area contributed by atoms with Crippen molar-refractivity contribution in [2.75, 3.05) is 26.2 Å². The highest BCUT2D eigenvalue weighted by molar-refractivity contribution is 9.10. The van der Waals surface area contributed by atoms with E-state index in [1.165, 1.54) is 12.1 Å². The highest BCUT2D eigenvalue weighted by Gasteiger charge is 2.31. The van der Waals surface area contributed by atoms with Crippen molar-refractivity contribution >= 4 is 15.9 Å². The predicted molar refractivity (Wildman–Crippen MR) is 95.2 cm³/mol. The molecule has 1 heterocycles. The Bertz CT molecular complexity index is 747. The van der Waals surface area contributed by atoms with Crippen LogP contribution >= 0.6 is 15.9 Å². The zero-order valence-corrected chi connectivity index (χ0v) is 15.3. The third kappa shape index (κ3) is 4.69. The van der Waals surface area contributed by atoms with Crippen LogP contribution in [0.5, 0.6) is 11.5 Å². The monoisotopic (exact) mass is 430 g/mol. The van der Waals surface area contributed by atoms with Crippen molar-refractivity contribution in [3.05, 3.63) is 58.1 Å².